The number of carbonyl (C=O) groups is 1. The molecule has 0 saturated heterocycles. The van der Waals surface area contributed by atoms with E-state index in [-0.39, 0.29) is 11.4 Å². The Kier molecular flexibility index (Phi) is 3.06. The van der Waals surface area contributed by atoms with Crippen LogP contribution in [0.4, 0.5) is 0 Å². The summed E-state index contributed by atoms with van der Waals surface area (Å²) in [6.07, 6.45) is 0. The fourth-order valence-corrected chi connectivity index (χ4v) is 1.44. The van der Waals surface area contributed by atoms with Crippen molar-refractivity contribution in [1.82, 2.24) is 5.32 Å². The minimum Gasteiger partial charge on any atom is -0.350 e. The molecule has 13 heavy (non-hydrogen) atoms. The zero-order valence-corrected chi connectivity index (χ0v) is 8.65. The van der Waals surface area contributed by atoms with Crippen molar-refractivity contribution in [3.05, 3.63) is 22.4 Å². The Labute approximate surface area is 81.9 Å². The summed E-state index contributed by atoms with van der Waals surface area (Å²) in [6, 6.07) is 1.80. The summed E-state index contributed by atoms with van der Waals surface area (Å²) in [5.74, 6) is -0.0558. The third kappa shape index (κ3) is 3.57. The Morgan fingerprint density at radius 1 is 1.69 bits per heavy atom. The van der Waals surface area contributed by atoms with Crippen LogP contribution >= 0.6 is 11.3 Å². The highest BCUT2D eigenvalue weighted by molar-refractivity contribution is 7.08. The highest BCUT2D eigenvalue weighted by Gasteiger charge is 2.13. The summed E-state index contributed by atoms with van der Waals surface area (Å²) in [7, 11) is 0. The van der Waals surface area contributed by atoms with Crippen LogP contribution in [0.5, 0.6) is 0 Å². The Hall–Kier alpha value is -0.870. The van der Waals surface area contributed by atoms with E-state index in [4.69, 9.17) is 5.73 Å². The molecule has 0 saturated carbocycles. The summed E-state index contributed by atoms with van der Waals surface area (Å²) >= 11 is 1.51. The van der Waals surface area contributed by atoms with E-state index in [0.717, 1.165) is 0 Å². The molecule has 1 rings (SSSR count). The molecule has 0 aliphatic heterocycles. The lowest BCUT2D eigenvalue weighted by molar-refractivity contribution is 0.0946. The molecule has 4 heteroatoms. The number of hydrogen-bond acceptors (Lipinski definition) is 3. The molecule has 1 aromatic heterocycles. The normalized spacial score (nSPS) is 11.3. The van der Waals surface area contributed by atoms with Crippen molar-refractivity contribution < 1.29 is 4.79 Å². The van der Waals surface area contributed by atoms with Gasteiger partial charge in [0.2, 0.25) is 0 Å². The van der Waals surface area contributed by atoms with E-state index >= 15 is 0 Å². The Morgan fingerprint density at radius 2 is 2.38 bits per heavy atom. The van der Waals surface area contributed by atoms with Crippen LogP contribution in [0.2, 0.25) is 0 Å². The largest absolute Gasteiger partial charge is 0.350 e. The van der Waals surface area contributed by atoms with E-state index in [9.17, 15) is 4.79 Å². The summed E-state index contributed by atoms with van der Waals surface area (Å²) in [5, 5.41) is 6.46. The van der Waals surface area contributed by atoms with Crippen molar-refractivity contribution >= 4 is 17.2 Å². The third-order valence-electron chi connectivity index (χ3n) is 1.49. The quantitative estimate of drug-likeness (QED) is 0.767. The standard InChI is InChI=1S/C9H14N2OS/c1-9(2,10)6-11-8(12)7-3-4-13-5-7/h3-5H,6,10H2,1-2H3,(H,11,12). The lowest BCUT2D eigenvalue weighted by Crippen LogP contribution is -2.45. The number of amides is 1. The summed E-state index contributed by atoms with van der Waals surface area (Å²) in [5.41, 5.74) is 6.07. The molecule has 0 aliphatic rings. The molecule has 1 aromatic rings. The fraction of sp³-hybridized carbons (Fsp3) is 0.444. The van der Waals surface area contributed by atoms with Gasteiger partial charge in [0.1, 0.15) is 0 Å². The van der Waals surface area contributed by atoms with E-state index in [1.165, 1.54) is 11.3 Å². The van der Waals surface area contributed by atoms with Gasteiger partial charge in [-0.2, -0.15) is 11.3 Å². The molecule has 0 atom stereocenters. The van der Waals surface area contributed by atoms with Crippen molar-refractivity contribution in [2.75, 3.05) is 6.54 Å². The van der Waals surface area contributed by atoms with E-state index in [1.54, 1.807) is 6.07 Å². The van der Waals surface area contributed by atoms with Crippen molar-refractivity contribution in [2.45, 2.75) is 19.4 Å². The second kappa shape index (κ2) is 3.89. The maximum Gasteiger partial charge on any atom is 0.252 e. The monoisotopic (exact) mass is 198 g/mol. The SMILES string of the molecule is CC(C)(N)CNC(=O)c1ccsc1. The molecule has 0 unspecified atom stereocenters. The second-order valence-corrected chi connectivity index (χ2v) is 4.46. The fourth-order valence-electron chi connectivity index (χ4n) is 0.804. The predicted molar refractivity (Wildman–Crippen MR) is 54.9 cm³/mol. The van der Waals surface area contributed by atoms with E-state index in [2.05, 4.69) is 5.32 Å². The number of rotatable bonds is 3. The summed E-state index contributed by atoms with van der Waals surface area (Å²) < 4.78 is 0. The third-order valence-corrected chi connectivity index (χ3v) is 2.17. The molecule has 3 nitrogen and oxygen atoms in total. The van der Waals surface area contributed by atoms with Gasteiger partial charge in [-0.05, 0) is 25.3 Å². The predicted octanol–water partition coefficient (Wildman–Crippen LogP) is 1.22. The van der Waals surface area contributed by atoms with Crippen LogP contribution in [-0.4, -0.2) is 18.0 Å². The average molecular weight is 198 g/mol. The minimum atomic E-state index is -0.355. The van der Waals surface area contributed by atoms with Crippen molar-refractivity contribution in [1.29, 1.82) is 0 Å². The molecule has 1 heterocycles. The molecule has 72 valence electrons. The first kappa shape index (κ1) is 10.2. The second-order valence-electron chi connectivity index (χ2n) is 3.68. The molecule has 3 N–H and O–H groups in total. The Bertz CT molecular complexity index is 274. The first-order chi connectivity index (χ1) is 5.99. The van der Waals surface area contributed by atoms with Gasteiger partial charge in [0, 0.05) is 23.0 Å². The van der Waals surface area contributed by atoms with Crippen LogP contribution in [0.1, 0.15) is 24.2 Å². The van der Waals surface area contributed by atoms with Crippen LogP contribution in [0.15, 0.2) is 16.8 Å². The van der Waals surface area contributed by atoms with Crippen molar-refractivity contribution in [3.8, 4) is 0 Å². The van der Waals surface area contributed by atoms with Crippen LogP contribution in [0.3, 0.4) is 0 Å². The highest BCUT2D eigenvalue weighted by Crippen LogP contribution is 2.05. The molecular formula is C9H14N2OS. The number of thiophene rings is 1. The lowest BCUT2D eigenvalue weighted by Gasteiger charge is -2.18. The van der Waals surface area contributed by atoms with Crippen molar-refractivity contribution in [2.24, 2.45) is 5.73 Å². The Balaban J connectivity index is 2.44. The molecule has 0 spiro atoms. The zero-order valence-electron chi connectivity index (χ0n) is 7.83. The van der Waals surface area contributed by atoms with Gasteiger partial charge >= 0.3 is 0 Å². The van der Waals surface area contributed by atoms with Gasteiger partial charge in [-0.15, -0.1) is 0 Å². The maximum atomic E-state index is 11.4. The van der Waals surface area contributed by atoms with Gasteiger partial charge in [0.25, 0.3) is 5.91 Å². The first-order valence-corrected chi connectivity index (χ1v) is 5.02. The van der Waals surface area contributed by atoms with Gasteiger partial charge in [0.15, 0.2) is 0 Å². The number of carbonyl (C=O) groups excluding carboxylic acids is 1. The van der Waals surface area contributed by atoms with Gasteiger partial charge in [-0.3, -0.25) is 4.79 Å². The van der Waals surface area contributed by atoms with Gasteiger partial charge in [-0.25, -0.2) is 0 Å². The van der Waals surface area contributed by atoms with Crippen LogP contribution < -0.4 is 11.1 Å². The smallest absolute Gasteiger partial charge is 0.252 e. The highest BCUT2D eigenvalue weighted by atomic mass is 32.1. The molecule has 0 fully saturated rings. The maximum absolute atomic E-state index is 11.4. The van der Waals surface area contributed by atoms with Crippen LogP contribution in [-0.2, 0) is 0 Å². The minimum absolute atomic E-state index is 0.0558. The lowest BCUT2D eigenvalue weighted by atomic mass is 10.1. The molecule has 0 radical (unpaired) electrons. The van der Waals surface area contributed by atoms with Crippen LogP contribution in [0.25, 0.3) is 0 Å². The number of hydrogen-bond donors (Lipinski definition) is 2. The first-order valence-electron chi connectivity index (χ1n) is 4.08. The molecule has 1 amide bonds. The molecular weight excluding hydrogens is 184 g/mol. The number of nitrogens with one attached hydrogen (secondary N) is 1. The summed E-state index contributed by atoms with van der Waals surface area (Å²) in [6.45, 7) is 4.24. The van der Waals surface area contributed by atoms with Crippen molar-refractivity contribution in [3.63, 3.8) is 0 Å². The molecule has 0 aromatic carbocycles. The van der Waals surface area contributed by atoms with Crippen LogP contribution in [0, 0.1) is 0 Å². The Morgan fingerprint density at radius 3 is 2.85 bits per heavy atom. The van der Waals surface area contributed by atoms with E-state index < -0.39 is 0 Å². The molecule has 0 aliphatic carbocycles. The topological polar surface area (TPSA) is 55.1 Å². The average Bonchev–Trinajstić information content (AvgIpc) is 2.50. The van der Waals surface area contributed by atoms with Gasteiger partial charge in [-0.1, -0.05) is 0 Å². The van der Waals surface area contributed by atoms with Gasteiger partial charge in [0.05, 0.1) is 0 Å². The van der Waals surface area contributed by atoms with E-state index in [0.29, 0.717) is 12.1 Å². The van der Waals surface area contributed by atoms with Gasteiger partial charge < -0.3 is 11.1 Å². The molecule has 0 bridgehead atoms. The summed E-state index contributed by atoms with van der Waals surface area (Å²) in [4.78, 5) is 11.4. The zero-order chi connectivity index (χ0) is 9.90. The van der Waals surface area contributed by atoms with E-state index in [1.807, 2.05) is 24.6 Å². The number of nitrogens with two attached hydrogens (primary N) is 1.